The average molecular weight is 475 g/mol. The fourth-order valence-electron chi connectivity index (χ4n) is 2.49. The van der Waals surface area contributed by atoms with Gasteiger partial charge in [0, 0.05) is 44.8 Å². The summed E-state index contributed by atoms with van der Waals surface area (Å²) in [6.07, 6.45) is 1.07. The number of hydrogen-bond donors (Lipinski definition) is 3. The van der Waals surface area contributed by atoms with E-state index < -0.39 is 0 Å². The molecular formula is C20H38IN5. The first-order chi connectivity index (χ1) is 11.8. The molecule has 0 amide bonds. The lowest BCUT2D eigenvalue weighted by Crippen LogP contribution is -2.45. The second-order valence-corrected chi connectivity index (χ2v) is 7.64. The Labute approximate surface area is 177 Å². The number of nitrogens with one attached hydrogen (secondary N) is 3. The highest BCUT2D eigenvalue weighted by molar-refractivity contribution is 14.0. The highest BCUT2D eigenvalue weighted by Gasteiger charge is 2.10. The topological polar surface area (TPSA) is 51.7 Å². The zero-order valence-corrected chi connectivity index (χ0v) is 19.6. The van der Waals surface area contributed by atoms with E-state index in [0.717, 1.165) is 38.6 Å². The van der Waals surface area contributed by atoms with Crippen LogP contribution >= 0.6 is 24.0 Å². The summed E-state index contributed by atoms with van der Waals surface area (Å²) in [4.78, 5) is 6.67. The quantitative estimate of drug-likeness (QED) is 0.223. The Balaban J connectivity index is 0.00000625. The molecule has 0 saturated carbocycles. The Morgan fingerprint density at radius 3 is 2.27 bits per heavy atom. The van der Waals surface area contributed by atoms with Crippen LogP contribution in [0.1, 0.15) is 39.7 Å². The number of nitrogens with zero attached hydrogens (tertiary/aromatic N) is 2. The molecule has 0 radical (unpaired) electrons. The van der Waals surface area contributed by atoms with Gasteiger partial charge in [0.25, 0.3) is 0 Å². The number of guanidine groups is 1. The van der Waals surface area contributed by atoms with E-state index in [0.29, 0.717) is 6.04 Å². The zero-order chi connectivity index (χ0) is 18.7. The Morgan fingerprint density at radius 1 is 1.08 bits per heavy atom. The molecule has 5 nitrogen and oxygen atoms in total. The van der Waals surface area contributed by atoms with Crippen molar-refractivity contribution in [2.75, 3.05) is 33.7 Å². The molecule has 1 aromatic rings. The van der Waals surface area contributed by atoms with Crippen molar-refractivity contribution in [3.8, 4) is 0 Å². The normalized spacial score (nSPS) is 13.3. The first kappa shape index (κ1) is 25.1. The van der Waals surface area contributed by atoms with Crippen molar-refractivity contribution in [1.82, 2.24) is 20.9 Å². The lowest BCUT2D eigenvalue weighted by Gasteiger charge is -2.25. The van der Waals surface area contributed by atoms with Gasteiger partial charge in [-0.05, 0) is 46.7 Å². The lowest BCUT2D eigenvalue weighted by atomic mass is 10.1. The number of aliphatic imine (C=N–C) groups is 1. The van der Waals surface area contributed by atoms with Gasteiger partial charge >= 0.3 is 0 Å². The highest BCUT2D eigenvalue weighted by Crippen LogP contribution is 2.07. The van der Waals surface area contributed by atoms with E-state index in [1.165, 1.54) is 5.56 Å². The summed E-state index contributed by atoms with van der Waals surface area (Å²) in [6.45, 7) is 12.5. The summed E-state index contributed by atoms with van der Waals surface area (Å²) < 4.78 is 0. The predicted octanol–water partition coefficient (Wildman–Crippen LogP) is 3.07. The molecule has 1 unspecified atom stereocenters. The number of rotatable bonds is 9. The Hall–Kier alpha value is -0.860. The molecule has 1 aromatic carbocycles. The first-order valence-electron chi connectivity index (χ1n) is 9.25. The molecule has 0 bridgehead atoms. The Morgan fingerprint density at radius 2 is 1.69 bits per heavy atom. The van der Waals surface area contributed by atoms with Gasteiger partial charge in [-0.1, -0.05) is 30.3 Å². The molecule has 0 saturated heterocycles. The smallest absolute Gasteiger partial charge is 0.191 e. The molecule has 0 spiro atoms. The Bertz CT molecular complexity index is 499. The maximum Gasteiger partial charge on any atom is 0.191 e. The van der Waals surface area contributed by atoms with Crippen molar-refractivity contribution in [3.05, 3.63) is 35.9 Å². The van der Waals surface area contributed by atoms with Crippen molar-refractivity contribution in [3.63, 3.8) is 0 Å². The van der Waals surface area contributed by atoms with Crippen molar-refractivity contribution < 1.29 is 0 Å². The van der Waals surface area contributed by atoms with Gasteiger partial charge in [0.05, 0.1) is 0 Å². The molecule has 0 aromatic heterocycles. The minimum atomic E-state index is 0. The van der Waals surface area contributed by atoms with Crippen LogP contribution in [0.3, 0.4) is 0 Å². The summed E-state index contributed by atoms with van der Waals surface area (Å²) in [5.41, 5.74) is 1.51. The summed E-state index contributed by atoms with van der Waals surface area (Å²) >= 11 is 0. The molecule has 0 aliphatic carbocycles. The molecular weight excluding hydrogens is 437 g/mol. The third-order valence-electron chi connectivity index (χ3n) is 4.18. The number of halogens is 1. The third-order valence-corrected chi connectivity index (χ3v) is 4.18. The molecule has 150 valence electrons. The van der Waals surface area contributed by atoms with Crippen LogP contribution in [0.2, 0.25) is 0 Å². The predicted molar refractivity (Wildman–Crippen MR) is 125 cm³/mol. The van der Waals surface area contributed by atoms with Gasteiger partial charge in [0.15, 0.2) is 5.96 Å². The van der Waals surface area contributed by atoms with E-state index in [-0.39, 0.29) is 29.5 Å². The van der Waals surface area contributed by atoms with Gasteiger partial charge in [0.2, 0.25) is 0 Å². The third kappa shape index (κ3) is 11.7. The van der Waals surface area contributed by atoms with Crippen LogP contribution in [0.4, 0.5) is 0 Å². The van der Waals surface area contributed by atoms with Crippen LogP contribution in [0, 0.1) is 0 Å². The maximum atomic E-state index is 4.28. The molecule has 3 N–H and O–H groups in total. The Kier molecular flexibility index (Phi) is 12.9. The second-order valence-electron chi connectivity index (χ2n) is 7.64. The van der Waals surface area contributed by atoms with Crippen molar-refractivity contribution in [1.29, 1.82) is 0 Å². The maximum absolute atomic E-state index is 4.28. The fourth-order valence-corrected chi connectivity index (χ4v) is 2.49. The van der Waals surface area contributed by atoms with Gasteiger partial charge in [-0.2, -0.15) is 0 Å². The number of hydrogen-bond acceptors (Lipinski definition) is 3. The minimum absolute atomic E-state index is 0. The lowest BCUT2D eigenvalue weighted by molar-refractivity contribution is 0.238. The van der Waals surface area contributed by atoms with Crippen LogP contribution in [0.5, 0.6) is 0 Å². The molecule has 26 heavy (non-hydrogen) atoms. The van der Waals surface area contributed by atoms with Crippen LogP contribution in [-0.2, 0) is 6.54 Å². The molecule has 1 rings (SSSR count). The van der Waals surface area contributed by atoms with E-state index in [1.54, 1.807) is 0 Å². The molecule has 6 heteroatoms. The fraction of sp³-hybridized carbons (Fsp3) is 0.650. The van der Waals surface area contributed by atoms with Gasteiger partial charge in [-0.15, -0.1) is 24.0 Å². The highest BCUT2D eigenvalue weighted by atomic mass is 127. The zero-order valence-electron chi connectivity index (χ0n) is 17.3. The van der Waals surface area contributed by atoms with Gasteiger partial charge < -0.3 is 16.0 Å². The van der Waals surface area contributed by atoms with E-state index in [1.807, 2.05) is 7.05 Å². The van der Waals surface area contributed by atoms with Crippen molar-refractivity contribution in [2.24, 2.45) is 4.99 Å². The van der Waals surface area contributed by atoms with E-state index in [4.69, 9.17) is 0 Å². The second kappa shape index (κ2) is 13.3. The van der Waals surface area contributed by atoms with Gasteiger partial charge in [0.1, 0.15) is 0 Å². The van der Waals surface area contributed by atoms with Crippen LogP contribution < -0.4 is 16.0 Å². The van der Waals surface area contributed by atoms with Crippen molar-refractivity contribution >= 4 is 29.9 Å². The monoisotopic (exact) mass is 475 g/mol. The van der Waals surface area contributed by atoms with Crippen LogP contribution in [-0.4, -0.2) is 56.2 Å². The summed E-state index contributed by atoms with van der Waals surface area (Å²) in [7, 11) is 4.00. The van der Waals surface area contributed by atoms with Crippen LogP contribution in [0.15, 0.2) is 35.3 Å². The van der Waals surface area contributed by atoms with E-state index >= 15 is 0 Å². The largest absolute Gasteiger partial charge is 0.356 e. The first-order valence-corrected chi connectivity index (χ1v) is 9.25. The summed E-state index contributed by atoms with van der Waals surface area (Å²) in [5, 5.41) is 10.2. The average Bonchev–Trinajstić information content (AvgIpc) is 2.56. The van der Waals surface area contributed by atoms with E-state index in [2.05, 4.69) is 90.9 Å². The summed E-state index contributed by atoms with van der Waals surface area (Å²) in [5.74, 6) is 0.869. The van der Waals surface area contributed by atoms with Gasteiger partial charge in [-0.25, -0.2) is 0 Å². The molecule has 0 aliphatic heterocycles. The molecule has 0 aliphatic rings. The molecule has 0 heterocycles. The molecule has 0 fully saturated rings. The standard InChI is InChI=1S/C20H37N5.HI/c1-17(25(6)16-18-10-8-7-9-11-18)12-13-22-19(21-5)23-14-15-24-20(2,3)4;/h7-11,17,24H,12-16H2,1-6H3,(H2,21,22,23);1H. The SMILES string of the molecule is CN=C(NCCNC(C)(C)C)NCCC(C)N(C)Cc1ccccc1.I. The molecule has 1 atom stereocenters. The summed E-state index contributed by atoms with van der Waals surface area (Å²) in [6, 6.07) is 11.1. The van der Waals surface area contributed by atoms with Crippen molar-refractivity contribution in [2.45, 2.75) is 52.2 Å². The number of benzene rings is 1. The van der Waals surface area contributed by atoms with E-state index in [9.17, 15) is 0 Å². The van der Waals surface area contributed by atoms with Gasteiger partial charge in [-0.3, -0.25) is 9.89 Å². The minimum Gasteiger partial charge on any atom is -0.356 e. The van der Waals surface area contributed by atoms with Crippen LogP contribution in [0.25, 0.3) is 0 Å².